The lowest BCUT2D eigenvalue weighted by atomic mass is 9.78. The molecular weight excluding hydrogens is 457 g/mol. The summed E-state index contributed by atoms with van der Waals surface area (Å²) in [6.45, 7) is 3.76. The molecular formula is C27H23F3N2O3. The highest BCUT2D eigenvalue weighted by atomic mass is 19.4. The molecule has 2 aliphatic rings. The van der Waals surface area contributed by atoms with Gasteiger partial charge in [-0.15, -0.1) is 0 Å². The molecule has 0 bridgehead atoms. The Morgan fingerprint density at radius 2 is 1.69 bits per heavy atom. The zero-order valence-corrected chi connectivity index (χ0v) is 19.1. The van der Waals surface area contributed by atoms with Crippen LogP contribution in [-0.2, 0) is 21.2 Å². The van der Waals surface area contributed by atoms with Gasteiger partial charge < -0.3 is 10.0 Å². The first-order valence-corrected chi connectivity index (χ1v) is 11.4. The van der Waals surface area contributed by atoms with Crippen molar-refractivity contribution in [3.8, 4) is 5.75 Å². The average Bonchev–Trinajstić information content (AvgIpc) is 3.09. The molecule has 2 unspecified atom stereocenters. The summed E-state index contributed by atoms with van der Waals surface area (Å²) in [6.07, 6.45) is -4.49. The molecule has 1 aliphatic heterocycles. The van der Waals surface area contributed by atoms with Crippen molar-refractivity contribution in [3.05, 3.63) is 83.4 Å². The van der Waals surface area contributed by atoms with E-state index >= 15 is 0 Å². The number of phenolic OH excluding ortho intramolecular Hbond substituents is 1. The van der Waals surface area contributed by atoms with E-state index in [1.54, 1.807) is 49.4 Å². The maximum absolute atomic E-state index is 14.5. The van der Waals surface area contributed by atoms with Crippen LogP contribution in [0.2, 0.25) is 0 Å². The van der Waals surface area contributed by atoms with Gasteiger partial charge in [0.15, 0.2) is 5.41 Å². The van der Waals surface area contributed by atoms with Gasteiger partial charge in [-0.2, -0.15) is 13.2 Å². The number of para-hydroxylation sites is 1. The van der Waals surface area contributed by atoms with Crippen molar-refractivity contribution in [1.82, 2.24) is 0 Å². The maximum Gasteiger partial charge on any atom is 0.416 e. The minimum atomic E-state index is -4.63. The minimum Gasteiger partial charge on any atom is -0.508 e. The number of carbonyl (C=O) groups is 2. The first-order valence-electron chi connectivity index (χ1n) is 11.4. The fourth-order valence-electron chi connectivity index (χ4n) is 5.42. The van der Waals surface area contributed by atoms with Gasteiger partial charge in [0, 0.05) is 12.2 Å². The molecule has 0 fully saturated rings. The Morgan fingerprint density at radius 1 is 0.971 bits per heavy atom. The molecule has 0 radical (unpaired) electrons. The van der Waals surface area contributed by atoms with E-state index in [1.165, 1.54) is 21.9 Å². The molecule has 2 atom stereocenters. The van der Waals surface area contributed by atoms with Crippen molar-refractivity contribution < 1.29 is 27.9 Å². The minimum absolute atomic E-state index is 0.00276. The number of alkyl halides is 3. The number of hydrogen-bond acceptors (Lipinski definition) is 3. The van der Waals surface area contributed by atoms with Gasteiger partial charge in [0.05, 0.1) is 16.9 Å². The van der Waals surface area contributed by atoms with Crippen LogP contribution in [0.4, 0.5) is 30.2 Å². The first-order chi connectivity index (χ1) is 16.6. The van der Waals surface area contributed by atoms with E-state index in [0.717, 1.165) is 12.1 Å². The summed E-state index contributed by atoms with van der Waals surface area (Å²) in [6, 6.07) is 16.1. The molecule has 180 valence electrons. The Morgan fingerprint density at radius 3 is 2.34 bits per heavy atom. The summed E-state index contributed by atoms with van der Waals surface area (Å²) in [5.41, 5.74) is -0.801. The SMILES string of the molecule is CCN1C(=O)C2(CC(C)c3cc(O)ccc32)C(=O)N(c2ccccc2)c2cc(C(F)(F)F)ccc21. The van der Waals surface area contributed by atoms with E-state index in [0.29, 0.717) is 16.8 Å². The first kappa shape index (κ1) is 23.0. The molecule has 8 heteroatoms. The molecule has 1 N–H and O–H groups in total. The van der Waals surface area contributed by atoms with Crippen molar-refractivity contribution in [1.29, 1.82) is 0 Å². The standard InChI is InChI=1S/C27H23F3N2O3/c1-3-31-22-12-9-17(27(28,29)30)13-23(22)32(18-7-5-4-6-8-18)25(35)26(24(31)34)15-16(2)20-14-19(33)10-11-21(20)26/h4-14,16,33H,3,15H2,1-2H3. The van der Waals surface area contributed by atoms with E-state index in [1.807, 2.05) is 6.92 Å². The third-order valence-corrected chi connectivity index (χ3v) is 6.98. The number of nitrogens with zero attached hydrogens (tertiary/aromatic N) is 2. The summed E-state index contributed by atoms with van der Waals surface area (Å²) < 4.78 is 41.1. The van der Waals surface area contributed by atoms with Gasteiger partial charge in [0.1, 0.15) is 5.75 Å². The van der Waals surface area contributed by atoms with Gasteiger partial charge in [0.25, 0.3) is 5.91 Å². The monoisotopic (exact) mass is 480 g/mol. The molecule has 3 aromatic rings. The second-order valence-electron chi connectivity index (χ2n) is 9.01. The Balaban J connectivity index is 1.84. The third-order valence-electron chi connectivity index (χ3n) is 6.98. The number of benzene rings is 3. The van der Waals surface area contributed by atoms with Crippen LogP contribution in [0.5, 0.6) is 5.75 Å². The number of amides is 2. The van der Waals surface area contributed by atoms with Crippen molar-refractivity contribution in [2.45, 2.75) is 37.8 Å². The van der Waals surface area contributed by atoms with Crippen LogP contribution in [0.25, 0.3) is 0 Å². The van der Waals surface area contributed by atoms with E-state index in [-0.39, 0.29) is 36.0 Å². The number of halogens is 3. The quantitative estimate of drug-likeness (QED) is 0.466. The lowest BCUT2D eigenvalue weighted by Crippen LogP contribution is -2.53. The molecule has 2 amide bonds. The Hall–Kier alpha value is -3.81. The van der Waals surface area contributed by atoms with Gasteiger partial charge in [0.2, 0.25) is 5.91 Å². The van der Waals surface area contributed by atoms with Gasteiger partial charge >= 0.3 is 6.18 Å². The van der Waals surface area contributed by atoms with E-state index in [9.17, 15) is 27.9 Å². The summed E-state index contributed by atoms with van der Waals surface area (Å²) in [7, 11) is 0. The molecule has 3 aromatic carbocycles. The summed E-state index contributed by atoms with van der Waals surface area (Å²) in [4.78, 5) is 31.3. The second-order valence-corrected chi connectivity index (χ2v) is 9.01. The van der Waals surface area contributed by atoms with Crippen molar-refractivity contribution in [2.24, 2.45) is 0 Å². The van der Waals surface area contributed by atoms with Crippen molar-refractivity contribution in [3.63, 3.8) is 0 Å². The van der Waals surface area contributed by atoms with Crippen molar-refractivity contribution in [2.75, 3.05) is 16.3 Å². The number of carbonyl (C=O) groups excluding carboxylic acids is 2. The van der Waals surface area contributed by atoms with E-state index in [2.05, 4.69) is 0 Å². The van der Waals surface area contributed by atoms with Crippen LogP contribution in [0.15, 0.2) is 66.7 Å². The predicted octanol–water partition coefficient (Wildman–Crippen LogP) is 5.89. The van der Waals surface area contributed by atoms with Gasteiger partial charge in [-0.25, -0.2) is 0 Å². The smallest absolute Gasteiger partial charge is 0.416 e. The molecule has 0 saturated carbocycles. The highest BCUT2D eigenvalue weighted by Gasteiger charge is 2.59. The van der Waals surface area contributed by atoms with E-state index < -0.39 is 29.0 Å². The second kappa shape index (κ2) is 7.86. The van der Waals surface area contributed by atoms with Crippen LogP contribution < -0.4 is 9.80 Å². The molecule has 0 saturated heterocycles. The number of likely N-dealkylation sites (N-methyl/N-ethyl adjacent to an activating group) is 1. The molecule has 1 heterocycles. The number of rotatable bonds is 2. The third kappa shape index (κ3) is 3.31. The topological polar surface area (TPSA) is 60.9 Å². The average molecular weight is 480 g/mol. The molecule has 0 aromatic heterocycles. The lowest BCUT2D eigenvalue weighted by Gasteiger charge is -2.32. The van der Waals surface area contributed by atoms with Crippen LogP contribution >= 0.6 is 0 Å². The van der Waals surface area contributed by atoms with Crippen LogP contribution in [-0.4, -0.2) is 23.5 Å². The fraction of sp³-hybridized carbons (Fsp3) is 0.259. The highest BCUT2D eigenvalue weighted by Crippen LogP contribution is 2.54. The Kier molecular flexibility index (Phi) is 5.16. The molecule has 1 spiro atoms. The van der Waals surface area contributed by atoms with Crippen LogP contribution in [0, 0.1) is 0 Å². The molecule has 5 nitrogen and oxygen atoms in total. The van der Waals surface area contributed by atoms with Crippen LogP contribution in [0.3, 0.4) is 0 Å². The number of aromatic hydroxyl groups is 1. The molecule has 1 aliphatic carbocycles. The fourth-order valence-corrected chi connectivity index (χ4v) is 5.42. The number of phenols is 1. The summed E-state index contributed by atoms with van der Waals surface area (Å²) in [5, 5.41) is 10.1. The van der Waals surface area contributed by atoms with Crippen molar-refractivity contribution >= 4 is 28.9 Å². The molecule has 5 rings (SSSR count). The Bertz CT molecular complexity index is 1340. The molecule has 35 heavy (non-hydrogen) atoms. The Labute approximate surface area is 200 Å². The summed E-state index contributed by atoms with van der Waals surface area (Å²) >= 11 is 0. The number of anilines is 3. The zero-order chi connectivity index (χ0) is 25.1. The van der Waals surface area contributed by atoms with E-state index in [4.69, 9.17) is 0 Å². The number of fused-ring (bicyclic) bond motifs is 3. The lowest BCUT2D eigenvalue weighted by molar-refractivity contribution is -0.138. The highest BCUT2D eigenvalue weighted by molar-refractivity contribution is 6.27. The zero-order valence-electron chi connectivity index (χ0n) is 19.1. The number of hydrogen-bond donors (Lipinski definition) is 1. The summed E-state index contributed by atoms with van der Waals surface area (Å²) in [5.74, 6) is -1.30. The van der Waals surface area contributed by atoms with Crippen LogP contribution in [0.1, 0.15) is 42.9 Å². The van der Waals surface area contributed by atoms with Gasteiger partial charge in [-0.05, 0) is 72.9 Å². The predicted molar refractivity (Wildman–Crippen MR) is 126 cm³/mol. The maximum atomic E-state index is 14.5. The van der Waals surface area contributed by atoms with Gasteiger partial charge in [-0.1, -0.05) is 31.2 Å². The normalized spacial score (nSPS) is 21.8. The van der Waals surface area contributed by atoms with Gasteiger partial charge in [-0.3, -0.25) is 14.5 Å². The largest absolute Gasteiger partial charge is 0.508 e.